The highest BCUT2D eigenvalue weighted by Crippen LogP contribution is 2.38. The Morgan fingerprint density at radius 3 is 3.00 bits per heavy atom. The van der Waals surface area contributed by atoms with E-state index in [2.05, 4.69) is 18.0 Å². The molecule has 4 heteroatoms. The Hall–Kier alpha value is -1.68. The van der Waals surface area contributed by atoms with E-state index in [1.54, 1.807) is 6.07 Å². The maximum Gasteiger partial charge on any atom is 0.168 e. The van der Waals surface area contributed by atoms with Gasteiger partial charge in [-0.3, -0.25) is 4.90 Å². The van der Waals surface area contributed by atoms with E-state index in [9.17, 15) is 8.78 Å². The lowest BCUT2D eigenvalue weighted by molar-refractivity contribution is 0.260. The summed E-state index contributed by atoms with van der Waals surface area (Å²) in [4.78, 5) is 2.28. The highest BCUT2D eigenvalue weighted by molar-refractivity contribution is 5.95. The zero-order chi connectivity index (χ0) is 13.1. The molecule has 0 aliphatic carbocycles. The molecule has 0 saturated carbocycles. The zero-order valence-corrected chi connectivity index (χ0v) is 10.7. The largest absolute Gasteiger partial charge is 0.345 e. The quantitative estimate of drug-likeness (QED) is 0.707. The lowest BCUT2D eigenvalue weighted by Crippen LogP contribution is -2.41. The fourth-order valence-corrected chi connectivity index (χ4v) is 3.38. The van der Waals surface area contributed by atoms with E-state index in [4.69, 9.17) is 0 Å². The smallest absolute Gasteiger partial charge is 0.168 e. The summed E-state index contributed by atoms with van der Waals surface area (Å²) in [6.45, 7) is 1.82. The Morgan fingerprint density at radius 2 is 2.16 bits per heavy atom. The molecule has 0 radical (unpaired) electrons. The predicted molar refractivity (Wildman–Crippen MR) is 70.9 cm³/mol. The summed E-state index contributed by atoms with van der Waals surface area (Å²) in [6, 6.07) is 3.29. The van der Waals surface area contributed by atoms with Crippen LogP contribution in [0, 0.1) is 11.6 Å². The van der Waals surface area contributed by atoms with Crippen molar-refractivity contribution < 1.29 is 8.78 Å². The maximum absolute atomic E-state index is 13.8. The van der Waals surface area contributed by atoms with Crippen molar-refractivity contribution in [3.8, 4) is 0 Å². The van der Waals surface area contributed by atoms with Crippen LogP contribution in [0.15, 0.2) is 24.4 Å². The van der Waals surface area contributed by atoms with Crippen LogP contribution in [0.4, 0.5) is 8.78 Å². The fourth-order valence-electron chi connectivity index (χ4n) is 3.38. The Balaban J connectivity index is 2.07. The molecule has 2 aliphatic rings. The van der Waals surface area contributed by atoms with Crippen LogP contribution in [0.5, 0.6) is 0 Å². The summed E-state index contributed by atoms with van der Waals surface area (Å²) in [7, 11) is 2.09. The van der Waals surface area contributed by atoms with Gasteiger partial charge in [-0.05, 0) is 31.2 Å². The van der Waals surface area contributed by atoms with Crippen LogP contribution in [-0.4, -0.2) is 29.1 Å². The highest BCUT2D eigenvalue weighted by atomic mass is 19.2. The number of fused-ring (bicyclic) bond motifs is 2. The number of aromatic nitrogens is 1. The molecular weight excluding hydrogens is 246 g/mol. The number of likely N-dealkylation sites (N-methyl/N-ethyl adjacent to an activating group) is 1. The Labute approximate surface area is 109 Å². The van der Waals surface area contributed by atoms with Crippen LogP contribution in [0.25, 0.3) is 16.5 Å². The van der Waals surface area contributed by atoms with E-state index in [0.717, 1.165) is 36.2 Å². The fraction of sp³-hybridized carbons (Fsp3) is 0.333. The minimum atomic E-state index is -0.755. The van der Waals surface area contributed by atoms with Crippen LogP contribution in [0.2, 0.25) is 0 Å². The summed E-state index contributed by atoms with van der Waals surface area (Å²) < 4.78 is 29.6. The van der Waals surface area contributed by atoms with Crippen molar-refractivity contribution in [1.29, 1.82) is 0 Å². The Bertz CT molecular complexity index is 714. The molecule has 2 aliphatic heterocycles. The van der Waals surface area contributed by atoms with Gasteiger partial charge in [0.25, 0.3) is 0 Å². The summed E-state index contributed by atoms with van der Waals surface area (Å²) >= 11 is 0. The van der Waals surface area contributed by atoms with Crippen molar-refractivity contribution in [3.63, 3.8) is 0 Å². The van der Waals surface area contributed by atoms with Crippen LogP contribution in [-0.2, 0) is 6.54 Å². The van der Waals surface area contributed by atoms with Crippen molar-refractivity contribution in [2.24, 2.45) is 0 Å². The van der Waals surface area contributed by atoms with Gasteiger partial charge in [-0.15, -0.1) is 0 Å². The van der Waals surface area contributed by atoms with Gasteiger partial charge in [-0.2, -0.15) is 0 Å². The van der Waals surface area contributed by atoms with Crippen LogP contribution >= 0.6 is 0 Å². The van der Waals surface area contributed by atoms with E-state index in [1.807, 2.05) is 10.8 Å². The van der Waals surface area contributed by atoms with E-state index in [-0.39, 0.29) is 6.04 Å². The normalized spacial score (nSPS) is 22.5. The van der Waals surface area contributed by atoms with Gasteiger partial charge in [0, 0.05) is 30.2 Å². The molecule has 0 bridgehead atoms. The van der Waals surface area contributed by atoms with E-state index in [0.29, 0.717) is 5.39 Å². The highest BCUT2D eigenvalue weighted by Gasteiger charge is 2.31. The monoisotopic (exact) mass is 260 g/mol. The van der Waals surface area contributed by atoms with Gasteiger partial charge in [0.2, 0.25) is 0 Å². The lowest BCUT2D eigenvalue weighted by Gasteiger charge is -2.37. The second kappa shape index (κ2) is 3.67. The number of hydrogen-bond acceptors (Lipinski definition) is 1. The van der Waals surface area contributed by atoms with E-state index in [1.165, 1.54) is 6.07 Å². The maximum atomic E-state index is 13.8. The first-order valence-electron chi connectivity index (χ1n) is 6.54. The number of hydrogen-bond donors (Lipinski definition) is 0. The molecular formula is C15H14F2N2. The molecule has 2 aromatic rings. The Morgan fingerprint density at radius 1 is 1.32 bits per heavy atom. The third-order valence-electron chi connectivity index (χ3n) is 4.35. The molecule has 1 aromatic heterocycles. The SMILES string of the molecule is CN1CCC=C2c3cc(F)c(F)c4ccn(c34)CC21. The number of halogens is 2. The topological polar surface area (TPSA) is 8.17 Å². The molecule has 0 fully saturated rings. The van der Waals surface area contributed by atoms with Crippen molar-refractivity contribution in [2.75, 3.05) is 13.6 Å². The van der Waals surface area contributed by atoms with Crippen LogP contribution in [0.1, 0.15) is 12.0 Å². The molecule has 4 rings (SSSR count). The van der Waals surface area contributed by atoms with Gasteiger partial charge in [-0.1, -0.05) is 6.08 Å². The van der Waals surface area contributed by atoms with Crippen molar-refractivity contribution >= 4 is 16.5 Å². The van der Waals surface area contributed by atoms with Crippen LogP contribution in [0.3, 0.4) is 0 Å². The molecule has 3 heterocycles. The third kappa shape index (κ3) is 1.38. The first-order chi connectivity index (χ1) is 9.16. The standard InChI is InChI=1S/C15H14F2N2/c1-18-5-2-3-9-11-7-12(16)14(17)10-4-6-19(15(10)11)8-13(9)18/h3-4,6-7,13H,2,5,8H2,1H3. The van der Waals surface area contributed by atoms with Gasteiger partial charge >= 0.3 is 0 Å². The average Bonchev–Trinajstić information content (AvgIpc) is 2.82. The minimum Gasteiger partial charge on any atom is -0.345 e. The predicted octanol–water partition coefficient (Wildman–Crippen LogP) is 3.02. The van der Waals surface area contributed by atoms with E-state index < -0.39 is 11.6 Å². The number of nitrogens with zero attached hydrogens (tertiary/aromatic N) is 2. The number of rotatable bonds is 0. The van der Waals surface area contributed by atoms with Crippen molar-refractivity contribution in [2.45, 2.75) is 19.0 Å². The summed E-state index contributed by atoms with van der Waals surface area (Å²) in [5.41, 5.74) is 2.82. The molecule has 0 saturated heterocycles. The van der Waals surface area contributed by atoms with Crippen molar-refractivity contribution in [3.05, 3.63) is 41.6 Å². The van der Waals surface area contributed by atoms with Gasteiger partial charge in [0.05, 0.1) is 11.6 Å². The number of benzene rings is 1. The van der Waals surface area contributed by atoms with Gasteiger partial charge < -0.3 is 4.57 Å². The van der Waals surface area contributed by atoms with Gasteiger partial charge in [0.15, 0.2) is 11.6 Å². The molecule has 1 aromatic carbocycles. The third-order valence-corrected chi connectivity index (χ3v) is 4.35. The van der Waals surface area contributed by atoms with Gasteiger partial charge in [-0.25, -0.2) is 8.78 Å². The molecule has 0 spiro atoms. The molecule has 0 amide bonds. The summed E-state index contributed by atoms with van der Waals surface area (Å²) in [5.74, 6) is -1.49. The second-order valence-corrected chi connectivity index (χ2v) is 5.39. The molecule has 98 valence electrons. The van der Waals surface area contributed by atoms with Gasteiger partial charge in [0.1, 0.15) is 0 Å². The summed E-state index contributed by atoms with van der Waals surface area (Å²) in [5, 5.41) is 0.391. The van der Waals surface area contributed by atoms with Crippen molar-refractivity contribution in [1.82, 2.24) is 9.47 Å². The first-order valence-corrected chi connectivity index (χ1v) is 6.54. The lowest BCUT2D eigenvalue weighted by atomic mass is 9.89. The first kappa shape index (κ1) is 11.2. The zero-order valence-electron chi connectivity index (χ0n) is 10.7. The molecule has 1 atom stereocenters. The van der Waals surface area contributed by atoms with E-state index >= 15 is 0 Å². The molecule has 0 N–H and O–H groups in total. The summed E-state index contributed by atoms with van der Waals surface area (Å²) in [6.07, 6.45) is 4.99. The molecule has 2 nitrogen and oxygen atoms in total. The minimum absolute atomic E-state index is 0.265. The molecule has 19 heavy (non-hydrogen) atoms. The second-order valence-electron chi connectivity index (χ2n) is 5.39. The average molecular weight is 260 g/mol. The molecule has 1 unspecified atom stereocenters. The Kier molecular flexibility index (Phi) is 2.16. The van der Waals surface area contributed by atoms with Crippen LogP contribution < -0.4 is 0 Å².